The molecule has 0 saturated heterocycles. The lowest BCUT2D eigenvalue weighted by atomic mass is 10.2. The summed E-state index contributed by atoms with van der Waals surface area (Å²) in [6.07, 6.45) is 0.0104. The predicted octanol–water partition coefficient (Wildman–Crippen LogP) is 2.54. The average molecular weight is 330 g/mol. The van der Waals surface area contributed by atoms with Gasteiger partial charge >= 0.3 is 5.97 Å². The predicted molar refractivity (Wildman–Crippen MR) is 80.0 cm³/mol. The Balaban J connectivity index is 2.26. The number of aromatic nitrogens is 1. The number of pyridine rings is 1. The van der Waals surface area contributed by atoms with Crippen LogP contribution in [0, 0.1) is 6.92 Å². The number of rotatable bonds is 5. The number of carbonyl (C=O) groups excluding carboxylic acids is 1. The monoisotopic (exact) mass is 329 g/mol. The molecule has 0 amide bonds. The minimum atomic E-state index is -0.545. The Bertz CT molecular complexity index is 679. The molecule has 112 valence electrons. The van der Waals surface area contributed by atoms with Gasteiger partial charge in [-0.25, -0.2) is 10.8 Å². The highest BCUT2D eigenvalue weighted by Crippen LogP contribution is 2.37. The summed E-state index contributed by atoms with van der Waals surface area (Å²) in [7, 11) is 0. The van der Waals surface area contributed by atoms with E-state index in [-0.39, 0.29) is 13.0 Å². The smallest absolute Gasteiger partial charge is 0.329 e. The van der Waals surface area contributed by atoms with Crippen LogP contribution in [0.2, 0.25) is 10.0 Å². The van der Waals surface area contributed by atoms with Gasteiger partial charge in [0.25, 0.3) is 0 Å². The van der Waals surface area contributed by atoms with Crippen molar-refractivity contribution < 1.29 is 14.4 Å². The van der Waals surface area contributed by atoms with Crippen molar-refractivity contribution >= 4 is 40.1 Å². The maximum Gasteiger partial charge on any atom is 0.329 e. The van der Waals surface area contributed by atoms with Crippen molar-refractivity contribution in [1.29, 1.82) is 0 Å². The largest absolute Gasteiger partial charge is 0.489 e. The zero-order valence-corrected chi connectivity index (χ0v) is 12.7. The highest BCUT2D eigenvalue weighted by atomic mass is 35.5. The third-order valence-corrected chi connectivity index (χ3v) is 3.30. The Morgan fingerprint density at radius 2 is 2.14 bits per heavy atom. The SMILES string of the molecule is Cc1ccc2c(Cl)cc(Cl)c(OCCC(=O)ONN)c2n1. The molecule has 0 bridgehead atoms. The number of hydrogen-bond donors (Lipinski definition) is 2. The fraction of sp³-hybridized carbons (Fsp3) is 0.231. The molecule has 0 spiro atoms. The lowest BCUT2D eigenvalue weighted by Gasteiger charge is -2.12. The van der Waals surface area contributed by atoms with E-state index in [1.165, 1.54) is 0 Å². The van der Waals surface area contributed by atoms with E-state index in [9.17, 15) is 4.79 Å². The second-order valence-corrected chi connectivity index (χ2v) is 5.02. The van der Waals surface area contributed by atoms with Gasteiger partial charge in [-0.3, -0.25) is 4.79 Å². The summed E-state index contributed by atoms with van der Waals surface area (Å²) in [6.45, 7) is 1.93. The number of nitrogens with zero attached hydrogens (tertiary/aromatic N) is 1. The van der Waals surface area contributed by atoms with Crippen LogP contribution in [0.15, 0.2) is 18.2 Å². The molecule has 2 rings (SSSR count). The minimum Gasteiger partial charge on any atom is -0.489 e. The van der Waals surface area contributed by atoms with E-state index >= 15 is 0 Å². The Morgan fingerprint density at radius 1 is 1.38 bits per heavy atom. The van der Waals surface area contributed by atoms with E-state index in [1.54, 1.807) is 6.07 Å². The normalized spacial score (nSPS) is 10.7. The van der Waals surface area contributed by atoms with Crippen LogP contribution >= 0.6 is 23.2 Å². The summed E-state index contributed by atoms with van der Waals surface area (Å²) in [5, 5.41) is 1.55. The molecule has 8 heteroatoms. The van der Waals surface area contributed by atoms with Crippen molar-refractivity contribution in [2.45, 2.75) is 13.3 Å². The van der Waals surface area contributed by atoms with Gasteiger partial charge in [0.05, 0.1) is 23.1 Å². The van der Waals surface area contributed by atoms with Gasteiger partial charge in [0, 0.05) is 11.1 Å². The van der Waals surface area contributed by atoms with Crippen molar-refractivity contribution in [1.82, 2.24) is 10.6 Å². The van der Waals surface area contributed by atoms with Gasteiger partial charge in [0.15, 0.2) is 5.75 Å². The molecule has 2 aromatic rings. The van der Waals surface area contributed by atoms with E-state index in [2.05, 4.69) is 9.82 Å². The van der Waals surface area contributed by atoms with Gasteiger partial charge in [-0.15, -0.1) is 0 Å². The zero-order valence-electron chi connectivity index (χ0n) is 11.2. The maximum absolute atomic E-state index is 11.2. The van der Waals surface area contributed by atoms with E-state index in [0.717, 1.165) is 11.1 Å². The zero-order chi connectivity index (χ0) is 15.4. The highest BCUT2D eigenvalue weighted by molar-refractivity contribution is 6.39. The van der Waals surface area contributed by atoms with Crippen LogP contribution in [0.5, 0.6) is 5.75 Å². The molecule has 3 N–H and O–H groups in total. The minimum absolute atomic E-state index is 0.0104. The molecular formula is C13H13Cl2N3O3. The van der Waals surface area contributed by atoms with Gasteiger partial charge in [0.2, 0.25) is 0 Å². The number of benzene rings is 1. The third-order valence-electron chi connectivity index (χ3n) is 2.70. The van der Waals surface area contributed by atoms with E-state index < -0.39 is 5.97 Å². The van der Waals surface area contributed by atoms with Crippen LogP contribution in [-0.2, 0) is 9.63 Å². The molecule has 1 heterocycles. The summed E-state index contributed by atoms with van der Waals surface area (Å²) >= 11 is 12.3. The summed E-state index contributed by atoms with van der Waals surface area (Å²) < 4.78 is 5.55. The fourth-order valence-corrected chi connectivity index (χ4v) is 2.35. The van der Waals surface area contributed by atoms with Crippen molar-refractivity contribution in [3.8, 4) is 5.75 Å². The van der Waals surface area contributed by atoms with Crippen LogP contribution < -0.4 is 16.2 Å². The molecule has 6 nitrogen and oxygen atoms in total. The number of aryl methyl sites for hydroxylation is 1. The van der Waals surface area contributed by atoms with E-state index in [0.29, 0.717) is 21.3 Å². The van der Waals surface area contributed by atoms with Crippen molar-refractivity contribution in [3.63, 3.8) is 0 Å². The number of ether oxygens (including phenoxy) is 1. The summed E-state index contributed by atoms with van der Waals surface area (Å²) in [5.41, 5.74) is 3.17. The van der Waals surface area contributed by atoms with Crippen molar-refractivity contribution in [3.05, 3.63) is 33.9 Å². The van der Waals surface area contributed by atoms with Gasteiger partial charge in [-0.1, -0.05) is 28.8 Å². The van der Waals surface area contributed by atoms with Crippen LogP contribution in [-0.4, -0.2) is 17.6 Å². The summed E-state index contributed by atoms with van der Waals surface area (Å²) in [6, 6.07) is 5.27. The molecule has 0 aliphatic heterocycles. The highest BCUT2D eigenvalue weighted by Gasteiger charge is 2.14. The Labute approximate surface area is 131 Å². The second-order valence-electron chi connectivity index (χ2n) is 4.21. The molecule has 0 unspecified atom stereocenters. The molecule has 0 atom stereocenters. The molecule has 21 heavy (non-hydrogen) atoms. The Morgan fingerprint density at radius 3 is 2.86 bits per heavy atom. The summed E-state index contributed by atoms with van der Waals surface area (Å²) in [5.74, 6) is 4.70. The average Bonchev–Trinajstić information content (AvgIpc) is 2.42. The third kappa shape index (κ3) is 3.74. The van der Waals surface area contributed by atoms with Gasteiger partial charge in [-0.05, 0) is 25.1 Å². The molecule has 0 aliphatic rings. The molecule has 0 aliphatic carbocycles. The first-order chi connectivity index (χ1) is 10.0. The summed E-state index contributed by atoms with van der Waals surface area (Å²) in [4.78, 5) is 19.9. The molecule has 0 saturated carbocycles. The number of hydrazine groups is 1. The first kappa shape index (κ1) is 15.8. The Hall–Kier alpha value is -1.60. The molecule has 0 fully saturated rings. The standard InChI is InChI=1S/C13H13Cl2N3O3/c1-7-2-3-8-9(14)6-10(15)13(12(8)17-7)20-5-4-11(19)21-18-16/h2-3,6,18H,4-5,16H2,1H3. The van der Waals surface area contributed by atoms with E-state index in [4.69, 9.17) is 33.8 Å². The number of nitrogens with two attached hydrogens (primary N) is 1. The number of hydrogen-bond acceptors (Lipinski definition) is 6. The maximum atomic E-state index is 11.2. The second kappa shape index (κ2) is 6.91. The van der Waals surface area contributed by atoms with Crippen LogP contribution in [0.25, 0.3) is 10.9 Å². The van der Waals surface area contributed by atoms with Gasteiger partial charge in [0.1, 0.15) is 5.52 Å². The molecular weight excluding hydrogens is 317 g/mol. The molecule has 1 aromatic heterocycles. The first-order valence-electron chi connectivity index (χ1n) is 6.06. The number of fused-ring (bicyclic) bond motifs is 1. The van der Waals surface area contributed by atoms with Gasteiger partial charge < -0.3 is 9.57 Å². The Kier molecular flexibility index (Phi) is 5.19. The number of halogens is 2. The lowest BCUT2D eigenvalue weighted by molar-refractivity contribution is -0.151. The topological polar surface area (TPSA) is 86.5 Å². The first-order valence-corrected chi connectivity index (χ1v) is 6.82. The quantitative estimate of drug-likeness (QED) is 0.647. The van der Waals surface area contributed by atoms with Crippen LogP contribution in [0.3, 0.4) is 0 Å². The molecule has 0 radical (unpaired) electrons. The van der Waals surface area contributed by atoms with Crippen LogP contribution in [0.1, 0.15) is 12.1 Å². The molecule has 1 aromatic carbocycles. The van der Waals surface area contributed by atoms with Crippen LogP contribution in [0.4, 0.5) is 0 Å². The van der Waals surface area contributed by atoms with Crippen molar-refractivity contribution in [2.75, 3.05) is 6.61 Å². The van der Waals surface area contributed by atoms with Crippen molar-refractivity contribution in [2.24, 2.45) is 5.84 Å². The number of carbonyl (C=O) groups is 1. The fourth-order valence-electron chi connectivity index (χ4n) is 1.78. The van der Waals surface area contributed by atoms with E-state index in [1.807, 2.05) is 24.6 Å². The lowest BCUT2D eigenvalue weighted by Crippen LogP contribution is -2.27. The van der Waals surface area contributed by atoms with Gasteiger partial charge in [-0.2, -0.15) is 0 Å². The number of nitrogens with one attached hydrogen (secondary N) is 1.